The third-order valence-electron chi connectivity index (χ3n) is 8.84. The van der Waals surface area contributed by atoms with Crippen LogP contribution >= 0.6 is 0 Å². The first-order valence-corrected chi connectivity index (χ1v) is 15.4. The normalized spacial score (nSPS) is 26.5. The van der Waals surface area contributed by atoms with Crippen LogP contribution in [0.5, 0.6) is 5.75 Å². The van der Waals surface area contributed by atoms with E-state index in [0.29, 0.717) is 36.9 Å². The van der Waals surface area contributed by atoms with Crippen molar-refractivity contribution >= 4 is 0 Å². The Kier molecular flexibility index (Phi) is 15.0. The summed E-state index contributed by atoms with van der Waals surface area (Å²) in [6, 6.07) is 6.09. The number of nitrogens with one attached hydrogen (secondary N) is 1. The number of benzene rings is 1. The Morgan fingerprint density at radius 1 is 1.08 bits per heavy atom. The smallest absolute Gasteiger partial charge is 0.115 e. The van der Waals surface area contributed by atoms with E-state index >= 15 is 0 Å². The molecule has 5 nitrogen and oxygen atoms in total. The Labute approximate surface area is 234 Å². The predicted octanol–water partition coefficient (Wildman–Crippen LogP) is 6.80. The van der Waals surface area contributed by atoms with E-state index in [1.807, 2.05) is 33.0 Å². The molecule has 1 aromatic carbocycles. The molecule has 4 atom stereocenters. The molecule has 4 unspecified atom stereocenters. The van der Waals surface area contributed by atoms with E-state index in [2.05, 4.69) is 50.3 Å². The SMILES string of the molecule is CC.CCCCNC.CN(C)CCOCCOC/C=C1\CCC2C3CCc4cc(O)ccc4C3CCC12C. The first-order chi connectivity index (χ1) is 18.4. The van der Waals surface area contributed by atoms with Crippen LogP contribution in [0.4, 0.5) is 0 Å². The molecule has 1 aromatic rings. The predicted molar refractivity (Wildman–Crippen MR) is 161 cm³/mol. The summed E-state index contributed by atoms with van der Waals surface area (Å²) in [7, 11) is 6.10. The zero-order valence-electron chi connectivity index (χ0n) is 25.7. The minimum Gasteiger partial charge on any atom is -0.508 e. The van der Waals surface area contributed by atoms with Crippen LogP contribution in [-0.4, -0.2) is 70.7 Å². The van der Waals surface area contributed by atoms with Crippen molar-refractivity contribution in [1.82, 2.24) is 10.2 Å². The van der Waals surface area contributed by atoms with Crippen LogP contribution in [0.2, 0.25) is 0 Å². The molecule has 0 radical (unpaired) electrons. The standard InChI is InChI=1S/C26H39NO3.C5H13N.C2H6/c1-26-12-10-23-22-8-6-21(28)18-19(22)4-7-24(23)25(26)9-5-20(26)11-14-29-16-17-30-15-13-27(2)3;1-3-4-5-6-2;1-2/h6,8,11,18,23-25,28H,4-5,7,9-10,12-17H2,1-3H3;6H,3-5H2,1-2H3;1-2H3/b20-11+;;. The molecule has 0 amide bonds. The number of nitrogens with zero attached hydrogens (tertiary/aromatic N) is 1. The van der Waals surface area contributed by atoms with Crippen molar-refractivity contribution in [2.24, 2.45) is 17.3 Å². The van der Waals surface area contributed by atoms with Gasteiger partial charge in [-0.25, -0.2) is 0 Å². The van der Waals surface area contributed by atoms with Gasteiger partial charge in [0.25, 0.3) is 0 Å². The summed E-state index contributed by atoms with van der Waals surface area (Å²) in [5.41, 5.74) is 4.88. The number of phenols is 1. The van der Waals surface area contributed by atoms with Gasteiger partial charge in [0, 0.05) is 6.54 Å². The van der Waals surface area contributed by atoms with Crippen molar-refractivity contribution in [2.45, 2.75) is 85.0 Å². The van der Waals surface area contributed by atoms with Crippen LogP contribution in [0.3, 0.4) is 0 Å². The Morgan fingerprint density at radius 2 is 1.84 bits per heavy atom. The third-order valence-corrected chi connectivity index (χ3v) is 8.84. The van der Waals surface area contributed by atoms with E-state index in [-0.39, 0.29) is 0 Å². The molecule has 5 heteroatoms. The highest BCUT2D eigenvalue weighted by molar-refractivity contribution is 5.40. The first kappa shape index (κ1) is 32.8. The molecule has 2 saturated carbocycles. The second-order valence-electron chi connectivity index (χ2n) is 11.5. The maximum Gasteiger partial charge on any atom is 0.115 e. The van der Waals surface area contributed by atoms with Crippen LogP contribution in [0.25, 0.3) is 0 Å². The summed E-state index contributed by atoms with van der Waals surface area (Å²) in [4.78, 5) is 2.13. The number of ether oxygens (including phenoxy) is 2. The van der Waals surface area contributed by atoms with Gasteiger partial charge in [-0.2, -0.15) is 0 Å². The van der Waals surface area contributed by atoms with Crippen LogP contribution in [0.1, 0.15) is 89.7 Å². The van der Waals surface area contributed by atoms with Crippen molar-refractivity contribution in [3.05, 3.63) is 41.0 Å². The summed E-state index contributed by atoms with van der Waals surface area (Å²) >= 11 is 0. The molecule has 0 bridgehead atoms. The average Bonchev–Trinajstić information content (AvgIpc) is 3.26. The summed E-state index contributed by atoms with van der Waals surface area (Å²) in [5, 5.41) is 12.9. The second-order valence-corrected chi connectivity index (χ2v) is 11.5. The van der Waals surface area contributed by atoms with E-state index in [1.165, 1.54) is 56.1 Å². The lowest BCUT2D eigenvalue weighted by molar-refractivity contribution is 0.0512. The number of fused-ring (bicyclic) bond motifs is 5. The molecule has 0 saturated heterocycles. The summed E-state index contributed by atoms with van der Waals surface area (Å²) in [5.74, 6) is 2.68. The Hall–Kier alpha value is -1.40. The maximum absolute atomic E-state index is 9.87. The molecule has 218 valence electrons. The summed E-state index contributed by atoms with van der Waals surface area (Å²) in [6.45, 7) is 13.7. The number of aromatic hydroxyl groups is 1. The Bertz CT molecular complexity index is 820. The second kappa shape index (κ2) is 17.3. The van der Waals surface area contributed by atoms with Crippen molar-refractivity contribution in [3.63, 3.8) is 0 Å². The van der Waals surface area contributed by atoms with Gasteiger partial charge < -0.3 is 24.8 Å². The van der Waals surface area contributed by atoms with E-state index in [0.717, 1.165) is 38.0 Å². The number of unbranched alkanes of at least 4 members (excludes halogenated alkanes) is 1. The van der Waals surface area contributed by atoms with Crippen molar-refractivity contribution in [3.8, 4) is 5.75 Å². The van der Waals surface area contributed by atoms with Gasteiger partial charge in [0.15, 0.2) is 0 Å². The van der Waals surface area contributed by atoms with Gasteiger partial charge in [0.1, 0.15) is 5.75 Å². The fourth-order valence-corrected chi connectivity index (χ4v) is 6.82. The van der Waals surface area contributed by atoms with E-state index in [1.54, 1.807) is 5.57 Å². The maximum atomic E-state index is 9.87. The van der Waals surface area contributed by atoms with Gasteiger partial charge in [0.2, 0.25) is 0 Å². The van der Waals surface area contributed by atoms with Gasteiger partial charge in [-0.15, -0.1) is 0 Å². The molecule has 0 aliphatic heterocycles. The molecule has 3 aliphatic carbocycles. The molecule has 3 aliphatic rings. The number of aryl methyl sites for hydroxylation is 1. The average molecular weight is 531 g/mol. The third kappa shape index (κ3) is 9.08. The lowest BCUT2D eigenvalue weighted by atomic mass is 9.55. The highest BCUT2D eigenvalue weighted by atomic mass is 16.5. The monoisotopic (exact) mass is 530 g/mol. The zero-order chi connectivity index (χ0) is 28.0. The highest BCUT2D eigenvalue weighted by Crippen LogP contribution is 2.62. The number of rotatable bonds is 11. The van der Waals surface area contributed by atoms with Gasteiger partial charge in [-0.1, -0.05) is 51.8 Å². The molecule has 0 heterocycles. The Balaban J connectivity index is 0.000000560. The molecule has 4 rings (SSSR count). The lowest BCUT2D eigenvalue weighted by Crippen LogP contribution is -2.40. The van der Waals surface area contributed by atoms with Crippen LogP contribution in [0.15, 0.2) is 29.8 Å². The molecule has 0 spiro atoms. The number of phenolic OH excluding ortho intramolecular Hbond substituents is 1. The lowest BCUT2D eigenvalue weighted by Gasteiger charge is -2.49. The fraction of sp³-hybridized carbons (Fsp3) is 0.758. The van der Waals surface area contributed by atoms with Gasteiger partial charge in [-0.3, -0.25) is 0 Å². The van der Waals surface area contributed by atoms with Crippen molar-refractivity contribution in [2.75, 3.05) is 60.7 Å². The quantitative estimate of drug-likeness (QED) is 0.243. The van der Waals surface area contributed by atoms with Crippen LogP contribution in [-0.2, 0) is 15.9 Å². The number of hydrogen-bond acceptors (Lipinski definition) is 5. The molecular weight excluding hydrogens is 472 g/mol. The van der Waals surface area contributed by atoms with Gasteiger partial charge in [-0.05, 0) is 119 Å². The number of allylic oxidation sites excluding steroid dienone is 1. The van der Waals surface area contributed by atoms with Gasteiger partial charge in [0.05, 0.1) is 26.4 Å². The molecule has 0 aromatic heterocycles. The highest BCUT2D eigenvalue weighted by Gasteiger charge is 2.52. The minimum atomic E-state index is 0.348. The first-order valence-electron chi connectivity index (χ1n) is 15.4. The minimum absolute atomic E-state index is 0.348. The molecule has 38 heavy (non-hydrogen) atoms. The zero-order valence-corrected chi connectivity index (χ0v) is 25.7. The summed E-state index contributed by atoms with van der Waals surface area (Å²) in [6.07, 6.45) is 12.5. The van der Waals surface area contributed by atoms with E-state index in [4.69, 9.17) is 9.47 Å². The number of hydrogen-bond donors (Lipinski definition) is 2. The molecule has 2 fully saturated rings. The van der Waals surface area contributed by atoms with Crippen molar-refractivity contribution in [1.29, 1.82) is 0 Å². The largest absolute Gasteiger partial charge is 0.508 e. The number of likely N-dealkylation sites (N-methyl/N-ethyl adjacent to an activating group) is 1. The summed E-state index contributed by atoms with van der Waals surface area (Å²) < 4.78 is 11.5. The Morgan fingerprint density at radius 3 is 2.53 bits per heavy atom. The molecular formula is C33H58N2O3. The van der Waals surface area contributed by atoms with Crippen LogP contribution in [0, 0.1) is 17.3 Å². The van der Waals surface area contributed by atoms with Crippen LogP contribution < -0.4 is 5.32 Å². The fourth-order valence-electron chi connectivity index (χ4n) is 6.82. The topological polar surface area (TPSA) is 54.0 Å². The van der Waals surface area contributed by atoms with E-state index < -0.39 is 0 Å². The van der Waals surface area contributed by atoms with Gasteiger partial charge >= 0.3 is 0 Å². The van der Waals surface area contributed by atoms with E-state index in [9.17, 15) is 5.11 Å². The molecule has 2 N–H and O–H groups in total. The van der Waals surface area contributed by atoms with Crippen molar-refractivity contribution < 1.29 is 14.6 Å².